The van der Waals surface area contributed by atoms with Gasteiger partial charge in [0.1, 0.15) is 11.8 Å². The first kappa shape index (κ1) is 12.3. The average molecular weight is 248 g/mol. The van der Waals surface area contributed by atoms with Crippen LogP contribution >= 0.6 is 11.8 Å². The Balaban J connectivity index is 1.89. The third kappa shape index (κ3) is 3.65. The molecular formula is C13H16N2OS. The molecule has 0 amide bonds. The molecule has 0 bridgehead atoms. The molecule has 0 aromatic heterocycles. The normalized spacial score (nSPS) is 16.2. The highest BCUT2D eigenvalue weighted by Crippen LogP contribution is 2.29. The molecule has 17 heavy (non-hydrogen) atoms. The van der Waals surface area contributed by atoms with Crippen molar-refractivity contribution in [3.63, 3.8) is 0 Å². The molecule has 0 aliphatic heterocycles. The minimum absolute atomic E-state index is 0.0718. The molecular weight excluding hydrogens is 232 g/mol. The van der Waals surface area contributed by atoms with Crippen LogP contribution in [-0.2, 0) is 0 Å². The number of nitriles is 1. The van der Waals surface area contributed by atoms with Crippen LogP contribution in [0.5, 0.6) is 5.75 Å². The maximum Gasteiger partial charge on any atom is 0.132 e. The van der Waals surface area contributed by atoms with E-state index in [-0.39, 0.29) is 6.04 Å². The Labute approximate surface area is 106 Å². The van der Waals surface area contributed by atoms with Gasteiger partial charge >= 0.3 is 0 Å². The summed E-state index contributed by atoms with van der Waals surface area (Å²) in [4.78, 5) is 1.09. The molecule has 1 fully saturated rings. The molecule has 1 aromatic carbocycles. The van der Waals surface area contributed by atoms with Gasteiger partial charge in [0.2, 0.25) is 0 Å². The first-order valence-corrected chi connectivity index (χ1v) is 6.73. The van der Waals surface area contributed by atoms with Gasteiger partial charge in [0.25, 0.3) is 0 Å². The highest BCUT2D eigenvalue weighted by molar-refractivity contribution is 7.99. The summed E-state index contributed by atoms with van der Waals surface area (Å²) in [5.74, 6) is 1.63. The predicted molar refractivity (Wildman–Crippen MR) is 69.3 cm³/mol. The molecule has 1 aliphatic rings. The molecule has 0 saturated heterocycles. The summed E-state index contributed by atoms with van der Waals surface area (Å²) in [6.45, 7) is 0. The summed E-state index contributed by atoms with van der Waals surface area (Å²) in [5, 5.41) is 12.4. The first-order valence-electron chi connectivity index (χ1n) is 5.75. The van der Waals surface area contributed by atoms with Gasteiger partial charge in [0.05, 0.1) is 13.2 Å². The van der Waals surface area contributed by atoms with E-state index in [2.05, 4.69) is 11.4 Å². The minimum Gasteiger partial charge on any atom is -0.496 e. The number of nitrogens with one attached hydrogen (secondary N) is 1. The second-order valence-corrected chi connectivity index (χ2v) is 5.15. The van der Waals surface area contributed by atoms with Gasteiger partial charge in [-0.05, 0) is 25.0 Å². The predicted octanol–water partition coefficient (Wildman–Crippen LogP) is 2.43. The van der Waals surface area contributed by atoms with Crippen LogP contribution in [0.15, 0.2) is 29.2 Å². The average Bonchev–Trinajstić information content (AvgIpc) is 3.18. The second-order valence-electron chi connectivity index (χ2n) is 4.08. The Bertz CT molecular complexity index is 412. The van der Waals surface area contributed by atoms with Gasteiger partial charge in [0, 0.05) is 16.7 Å². The number of thioether (sulfide) groups is 1. The summed E-state index contributed by atoms with van der Waals surface area (Å²) in [6, 6.07) is 10.7. The molecule has 1 atom stereocenters. The van der Waals surface area contributed by atoms with E-state index in [1.54, 1.807) is 18.9 Å². The van der Waals surface area contributed by atoms with E-state index in [4.69, 9.17) is 10.00 Å². The zero-order valence-corrected chi connectivity index (χ0v) is 10.7. The molecule has 1 saturated carbocycles. The van der Waals surface area contributed by atoms with Crippen molar-refractivity contribution in [1.29, 1.82) is 5.26 Å². The smallest absolute Gasteiger partial charge is 0.132 e. The van der Waals surface area contributed by atoms with E-state index in [1.165, 1.54) is 12.8 Å². The number of para-hydroxylation sites is 1. The Morgan fingerprint density at radius 1 is 1.53 bits per heavy atom. The van der Waals surface area contributed by atoms with Crippen LogP contribution in [0.4, 0.5) is 0 Å². The quantitative estimate of drug-likeness (QED) is 0.785. The van der Waals surface area contributed by atoms with Gasteiger partial charge in [0.15, 0.2) is 0 Å². The second kappa shape index (κ2) is 5.95. The number of nitrogens with zero attached hydrogens (tertiary/aromatic N) is 1. The Morgan fingerprint density at radius 3 is 2.94 bits per heavy atom. The maximum absolute atomic E-state index is 9.05. The van der Waals surface area contributed by atoms with E-state index in [0.29, 0.717) is 6.04 Å². The summed E-state index contributed by atoms with van der Waals surface area (Å²) < 4.78 is 5.28. The van der Waals surface area contributed by atoms with E-state index in [0.717, 1.165) is 16.4 Å². The van der Waals surface area contributed by atoms with E-state index in [9.17, 15) is 0 Å². The Kier molecular flexibility index (Phi) is 4.29. The molecule has 3 nitrogen and oxygen atoms in total. The largest absolute Gasteiger partial charge is 0.496 e. The number of benzene rings is 1. The highest BCUT2D eigenvalue weighted by Gasteiger charge is 2.24. The van der Waals surface area contributed by atoms with Crippen LogP contribution in [0.3, 0.4) is 0 Å². The summed E-state index contributed by atoms with van der Waals surface area (Å²) >= 11 is 1.66. The van der Waals surface area contributed by atoms with Gasteiger partial charge in [-0.25, -0.2) is 0 Å². The van der Waals surface area contributed by atoms with Crippen molar-refractivity contribution in [3.8, 4) is 11.8 Å². The fourth-order valence-corrected chi connectivity index (χ4v) is 2.55. The van der Waals surface area contributed by atoms with Crippen molar-refractivity contribution in [2.75, 3.05) is 12.9 Å². The van der Waals surface area contributed by atoms with Gasteiger partial charge in [-0.3, -0.25) is 5.32 Å². The van der Waals surface area contributed by atoms with Crippen LogP contribution in [-0.4, -0.2) is 24.9 Å². The van der Waals surface area contributed by atoms with Gasteiger partial charge in [-0.2, -0.15) is 5.26 Å². The topological polar surface area (TPSA) is 45.0 Å². The number of methoxy groups -OCH3 is 1. The van der Waals surface area contributed by atoms with E-state index >= 15 is 0 Å². The van der Waals surface area contributed by atoms with E-state index < -0.39 is 0 Å². The van der Waals surface area contributed by atoms with Crippen molar-refractivity contribution in [2.24, 2.45) is 0 Å². The third-order valence-corrected chi connectivity index (χ3v) is 3.79. The van der Waals surface area contributed by atoms with Crippen LogP contribution < -0.4 is 10.1 Å². The number of rotatable bonds is 6. The number of hydrogen-bond acceptors (Lipinski definition) is 4. The lowest BCUT2D eigenvalue weighted by atomic mass is 10.3. The fourth-order valence-electron chi connectivity index (χ4n) is 1.57. The first-order chi connectivity index (χ1) is 8.33. The molecule has 1 N–H and O–H groups in total. The lowest BCUT2D eigenvalue weighted by Gasteiger charge is -2.12. The third-order valence-electron chi connectivity index (χ3n) is 2.64. The van der Waals surface area contributed by atoms with Crippen molar-refractivity contribution < 1.29 is 4.74 Å². The Morgan fingerprint density at radius 2 is 2.29 bits per heavy atom. The zero-order chi connectivity index (χ0) is 12.1. The van der Waals surface area contributed by atoms with Gasteiger partial charge in [-0.1, -0.05) is 12.1 Å². The Hall–Kier alpha value is -1.18. The molecule has 1 unspecified atom stereocenters. The maximum atomic E-state index is 9.05. The highest BCUT2D eigenvalue weighted by atomic mass is 32.2. The standard InChI is InChI=1S/C13H16N2OS/c1-16-12-4-2-3-5-13(12)17-9-11(8-14)15-10-6-7-10/h2-5,10-11,15H,6-7,9H2,1H3. The molecule has 0 radical (unpaired) electrons. The van der Waals surface area contributed by atoms with Crippen molar-refractivity contribution in [2.45, 2.75) is 29.8 Å². The van der Waals surface area contributed by atoms with Crippen LogP contribution in [0.25, 0.3) is 0 Å². The van der Waals surface area contributed by atoms with Crippen molar-refractivity contribution in [3.05, 3.63) is 24.3 Å². The van der Waals surface area contributed by atoms with Crippen LogP contribution in [0.1, 0.15) is 12.8 Å². The fraction of sp³-hybridized carbons (Fsp3) is 0.462. The monoisotopic (exact) mass is 248 g/mol. The molecule has 2 rings (SSSR count). The number of ether oxygens (including phenoxy) is 1. The molecule has 0 heterocycles. The van der Waals surface area contributed by atoms with Crippen LogP contribution in [0, 0.1) is 11.3 Å². The summed E-state index contributed by atoms with van der Waals surface area (Å²) in [7, 11) is 1.67. The molecule has 1 aliphatic carbocycles. The van der Waals surface area contributed by atoms with Gasteiger partial charge in [-0.15, -0.1) is 11.8 Å². The minimum atomic E-state index is -0.0718. The van der Waals surface area contributed by atoms with Crippen molar-refractivity contribution in [1.82, 2.24) is 5.32 Å². The summed E-state index contributed by atoms with van der Waals surface area (Å²) in [5.41, 5.74) is 0. The lowest BCUT2D eigenvalue weighted by molar-refractivity contribution is 0.405. The summed E-state index contributed by atoms with van der Waals surface area (Å²) in [6.07, 6.45) is 2.41. The SMILES string of the molecule is COc1ccccc1SCC(C#N)NC1CC1. The van der Waals surface area contributed by atoms with Crippen molar-refractivity contribution >= 4 is 11.8 Å². The number of hydrogen-bond donors (Lipinski definition) is 1. The molecule has 1 aromatic rings. The van der Waals surface area contributed by atoms with E-state index in [1.807, 2.05) is 24.3 Å². The zero-order valence-electron chi connectivity index (χ0n) is 9.85. The molecule has 4 heteroatoms. The van der Waals surface area contributed by atoms with Crippen LogP contribution in [0.2, 0.25) is 0 Å². The molecule has 90 valence electrons. The molecule has 0 spiro atoms. The lowest BCUT2D eigenvalue weighted by Crippen LogP contribution is -2.31. The van der Waals surface area contributed by atoms with Gasteiger partial charge < -0.3 is 4.74 Å².